The van der Waals surface area contributed by atoms with Crippen LogP contribution < -0.4 is 5.32 Å². The van der Waals surface area contributed by atoms with Gasteiger partial charge in [-0.25, -0.2) is 0 Å². The highest BCUT2D eigenvalue weighted by Crippen LogP contribution is 2.17. The molecule has 2 heterocycles. The fraction of sp³-hybridized carbons (Fsp3) is 0. The summed E-state index contributed by atoms with van der Waals surface area (Å²) in [6, 6.07) is 0. The maximum Gasteiger partial charge on any atom is 0.260 e. The standard InChI is InChI=1S/C6HNO2S/c8-5-3-1-10-2-4(3)6(9)7-5/h(H,7,8,9). The maximum absolute atomic E-state index is 10.8. The second-order valence-electron chi connectivity index (χ2n) is 1.84. The average molecular weight is 151 g/mol. The van der Waals surface area contributed by atoms with Crippen molar-refractivity contribution in [2.45, 2.75) is 0 Å². The second kappa shape index (κ2) is 1.67. The van der Waals surface area contributed by atoms with E-state index < -0.39 is 0 Å². The molecule has 0 bridgehead atoms. The van der Waals surface area contributed by atoms with Crippen molar-refractivity contribution in [2.24, 2.45) is 0 Å². The van der Waals surface area contributed by atoms with Crippen LogP contribution in [0, 0.1) is 10.8 Å². The van der Waals surface area contributed by atoms with Crippen molar-refractivity contribution in [3.05, 3.63) is 21.9 Å². The minimum absolute atomic E-state index is 0.329. The van der Waals surface area contributed by atoms with E-state index in [1.54, 1.807) is 0 Å². The Morgan fingerprint density at radius 2 is 1.60 bits per heavy atom. The molecule has 2 amide bonds. The number of thiophene rings is 1. The van der Waals surface area contributed by atoms with Crippen LogP contribution in [0.15, 0.2) is 0 Å². The number of hydrogen-bond donors (Lipinski definition) is 1. The molecule has 0 atom stereocenters. The first-order valence-electron chi connectivity index (χ1n) is 2.57. The van der Waals surface area contributed by atoms with Gasteiger partial charge >= 0.3 is 0 Å². The second-order valence-corrected chi connectivity index (χ2v) is 2.45. The molecular formula is C6HNO2S. The fourth-order valence-electron chi connectivity index (χ4n) is 0.778. The van der Waals surface area contributed by atoms with Crippen molar-refractivity contribution in [2.75, 3.05) is 0 Å². The number of amides is 2. The summed E-state index contributed by atoms with van der Waals surface area (Å²) in [5.74, 6) is -0.727. The number of hydrogen-bond acceptors (Lipinski definition) is 3. The highest BCUT2D eigenvalue weighted by Gasteiger charge is 2.27. The highest BCUT2D eigenvalue weighted by atomic mass is 32.1. The Morgan fingerprint density at radius 3 is 2.10 bits per heavy atom. The van der Waals surface area contributed by atoms with Crippen LogP contribution in [0.4, 0.5) is 0 Å². The van der Waals surface area contributed by atoms with Crippen molar-refractivity contribution in [3.63, 3.8) is 0 Å². The summed E-state index contributed by atoms with van der Waals surface area (Å²) in [7, 11) is 0. The van der Waals surface area contributed by atoms with Gasteiger partial charge in [-0.3, -0.25) is 14.9 Å². The van der Waals surface area contributed by atoms with Crippen molar-refractivity contribution in [3.8, 4) is 0 Å². The average Bonchev–Trinajstić information content (AvgIpc) is 2.39. The monoisotopic (exact) mass is 151 g/mol. The normalized spacial score (nSPS) is 15.2. The van der Waals surface area contributed by atoms with E-state index in [1.807, 2.05) is 0 Å². The molecule has 0 unspecified atom stereocenters. The molecule has 1 aliphatic rings. The Bertz CT molecular complexity index is 287. The van der Waals surface area contributed by atoms with Crippen LogP contribution in [0.2, 0.25) is 0 Å². The van der Waals surface area contributed by atoms with E-state index in [0.29, 0.717) is 11.1 Å². The van der Waals surface area contributed by atoms with E-state index >= 15 is 0 Å². The van der Waals surface area contributed by atoms with Gasteiger partial charge in [-0.15, -0.1) is 11.3 Å². The van der Waals surface area contributed by atoms with E-state index in [0.717, 1.165) is 11.3 Å². The quantitative estimate of drug-likeness (QED) is 0.539. The summed E-state index contributed by atoms with van der Waals surface area (Å²) in [6.07, 6.45) is 0. The lowest BCUT2D eigenvalue weighted by Gasteiger charge is -1.83. The zero-order valence-electron chi connectivity index (χ0n) is 4.72. The Balaban J connectivity index is 2.69. The molecule has 1 aromatic rings. The molecule has 1 N–H and O–H groups in total. The van der Waals surface area contributed by atoms with E-state index in [4.69, 9.17) is 0 Å². The van der Waals surface area contributed by atoms with Crippen molar-refractivity contribution in [1.29, 1.82) is 0 Å². The minimum atomic E-state index is -0.363. The number of rotatable bonds is 0. The Kier molecular flexibility index (Phi) is 0.935. The lowest BCUT2D eigenvalue weighted by molar-refractivity contribution is 0.0879. The van der Waals surface area contributed by atoms with Gasteiger partial charge in [0, 0.05) is 0 Å². The zero-order valence-corrected chi connectivity index (χ0v) is 5.54. The van der Waals surface area contributed by atoms with E-state index in [2.05, 4.69) is 16.1 Å². The molecule has 48 valence electrons. The molecule has 2 rings (SSSR count). The SMILES string of the molecule is O=C1NC(=O)c2[c]s[c]c21. The summed E-state index contributed by atoms with van der Waals surface area (Å²) in [5, 5.41) is 7.43. The molecule has 0 fully saturated rings. The maximum atomic E-state index is 10.8. The summed E-state index contributed by atoms with van der Waals surface area (Å²) >= 11 is 1.12. The first-order chi connectivity index (χ1) is 4.79. The molecular weight excluding hydrogens is 150 g/mol. The lowest BCUT2D eigenvalue weighted by atomic mass is 10.2. The summed E-state index contributed by atoms with van der Waals surface area (Å²) in [4.78, 5) is 21.5. The number of imide groups is 1. The van der Waals surface area contributed by atoms with Crippen LogP contribution in [0.5, 0.6) is 0 Å². The molecule has 3 nitrogen and oxygen atoms in total. The lowest BCUT2D eigenvalue weighted by Crippen LogP contribution is -2.20. The van der Waals surface area contributed by atoms with E-state index in [-0.39, 0.29) is 11.8 Å². The Labute approximate surface area is 60.7 Å². The molecule has 0 spiro atoms. The summed E-state index contributed by atoms with van der Waals surface area (Å²) in [6.45, 7) is 0. The topological polar surface area (TPSA) is 46.2 Å². The smallest absolute Gasteiger partial charge is 0.260 e. The van der Waals surface area contributed by atoms with Gasteiger partial charge < -0.3 is 0 Å². The Hall–Kier alpha value is -1.16. The van der Waals surface area contributed by atoms with Crippen LogP contribution in [0.25, 0.3) is 0 Å². The van der Waals surface area contributed by atoms with Crippen LogP contribution in [0.1, 0.15) is 20.7 Å². The van der Waals surface area contributed by atoms with Gasteiger partial charge in [-0.05, 0) is 0 Å². The third-order valence-electron chi connectivity index (χ3n) is 1.24. The first kappa shape index (κ1) is 5.61. The predicted octanol–water partition coefficient (Wildman–Crippen LogP) is 0.232. The van der Waals surface area contributed by atoms with Gasteiger partial charge in [0.1, 0.15) is 0 Å². The number of carbonyl (C=O) groups is 2. The molecule has 4 heteroatoms. The largest absolute Gasteiger partial charge is 0.288 e. The van der Waals surface area contributed by atoms with Gasteiger partial charge in [0.05, 0.1) is 21.9 Å². The molecule has 0 saturated carbocycles. The third kappa shape index (κ3) is 0.537. The number of nitrogens with one attached hydrogen (secondary N) is 1. The van der Waals surface area contributed by atoms with Gasteiger partial charge in [0.15, 0.2) is 0 Å². The predicted molar refractivity (Wildman–Crippen MR) is 33.8 cm³/mol. The van der Waals surface area contributed by atoms with Crippen LogP contribution >= 0.6 is 11.3 Å². The molecule has 0 aromatic carbocycles. The molecule has 2 radical (unpaired) electrons. The van der Waals surface area contributed by atoms with E-state index in [1.165, 1.54) is 0 Å². The van der Waals surface area contributed by atoms with Crippen molar-refractivity contribution >= 4 is 23.2 Å². The highest BCUT2D eigenvalue weighted by molar-refractivity contribution is 7.07. The van der Waals surface area contributed by atoms with Gasteiger partial charge in [0.25, 0.3) is 11.8 Å². The number of fused-ring (bicyclic) bond motifs is 1. The van der Waals surface area contributed by atoms with Crippen LogP contribution in [-0.2, 0) is 0 Å². The van der Waals surface area contributed by atoms with Gasteiger partial charge in [-0.2, -0.15) is 0 Å². The van der Waals surface area contributed by atoms with Gasteiger partial charge in [0.2, 0.25) is 0 Å². The van der Waals surface area contributed by atoms with Crippen LogP contribution in [-0.4, -0.2) is 11.8 Å². The zero-order chi connectivity index (χ0) is 7.14. The number of carbonyl (C=O) groups excluding carboxylic acids is 2. The molecule has 1 aromatic heterocycles. The third-order valence-corrected chi connectivity index (χ3v) is 1.85. The minimum Gasteiger partial charge on any atom is -0.288 e. The van der Waals surface area contributed by atoms with Crippen molar-refractivity contribution < 1.29 is 9.59 Å². The van der Waals surface area contributed by atoms with Crippen LogP contribution in [0.3, 0.4) is 0 Å². The molecule has 10 heavy (non-hydrogen) atoms. The Morgan fingerprint density at radius 1 is 1.10 bits per heavy atom. The summed E-state index contributed by atoms with van der Waals surface area (Å²) < 4.78 is 0. The first-order valence-corrected chi connectivity index (χ1v) is 3.38. The van der Waals surface area contributed by atoms with E-state index in [9.17, 15) is 9.59 Å². The van der Waals surface area contributed by atoms with Gasteiger partial charge in [-0.1, -0.05) is 0 Å². The van der Waals surface area contributed by atoms with Crippen molar-refractivity contribution in [1.82, 2.24) is 5.32 Å². The fourth-order valence-corrected chi connectivity index (χ4v) is 1.42. The summed E-state index contributed by atoms with van der Waals surface area (Å²) in [5.41, 5.74) is 0.657. The molecule has 0 saturated heterocycles. The molecule has 0 aliphatic carbocycles. The molecule has 1 aliphatic heterocycles.